The van der Waals surface area contributed by atoms with E-state index < -0.39 is 6.09 Å². The highest BCUT2D eigenvalue weighted by Crippen LogP contribution is 1.89. The quantitative estimate of drug-likeness (QED) is 0.639. The van der Waals surface area contributed by atoms with Crippen LogP contribution >= 0.6 is 0 Å². The smallest absolute Gasteiger partial charge is 0.407 e. The normalized spacial score (nSPS) is 8.83. The molecule has 0 aromatic rings. The Morgan fingerprint density at radius 2 is 2.08 bits per heavy atom. The molecule has 0 aromatic heterocycles. The van der Waals surface area contributed by atoms with Gasteiger partial charge in [0.05, 0.1) is 6.61 Å². The predicted molar refractivity (Wildman–Crippen MR) is 44.8 cm³/mol. The summed E-state index contributed by atoms with van der Waals surface area (Å²) >= 11 is 0. The van der Waals surface area contributed by atoms with Crippen molar-refractivity contribution in [1.29, 1.82) is 0 Å². The SMILES string of the molecule is C=C(CNC(=O)OCC)C(C)=O. The minimum absolute atomic E-state index is 0.133. The Bertz CT molecular complexity index is 198. The Hall–Kier alpha value is -1.32. The molecule has 0 rings (SSSR count). The van der Waals surface area contributed by atoms with Gasteiger partial charge in [0.2, 0.25) is 0 Å². The van der Waals surface area contributed by atoms with Crippen LogP contribution < -0.4 is 5.32 Å². The van der Waals surface area contributed by atoms with Gasteiger partial charge in [-0.15, -0.1) is 0 Å². The first-order chi connectivity index (χ1) is 5.57. The van der Waals surface area contributed by atoms with Gasteiger partial charge >= 0.3 is 6.09 Å². The molecule has 0 saturated carbocycles. The lowest BCUT2D eigenvalue weighted by Crippen LogP contribution is -2.27. The fraction of sp³-hybridized carbons (Fsp3) is 0.500. The van der Waals surface area contributed by atoms with Crippen LogP contribution in [0.2, 0.25) is 0 Å². The van der Waals surface area contributed by atoms with Crippen LogP contribution in [0.15, 0.2) is 12.2 Å². The van der Waals surface area contributed by atoms with Crippen molar-refractivity contribution in [2.75, 3.05) is 13.2 Å². The second kappa shape index (κ2) is 5.35. The molecule has 0 heterocycles. The Labute approximate surface area is 71.6 Å². The lowest BCUT2D eigenvalue weighted by atomic mass is 10.2. The average Bonchev–Trinajstić information content (AvgIpc) is 2.00. The lowest BCUT2D eigenvalue weighted by Gasteiger charge is -2.04. The highest BCUT2D eigenvalue weighted by molar-refractivity contribution is 5.93. The van der Waals surface area contributed by atoms with Gasteiger partial charge in [-0.25, -0.2) is 4.79 Å². The Balaban J connectivity index is 3.61. The van der Waals surface area contributed by atoms with Crippen molar-refractivity contribution >= 4 is 11.9 Å². The Kier molecular flexibility index (Phi) is 4.76. The summed E-state index contributed by atoms with van der Waals surface area (Å²) in [5.74, 6) is -0.133. The van der Waals surface area contributed by atoms with E-state index in [1.54, 1.807) is 6.92 Å². The molecular weight excluding hydrogens is 158 g/mol. The van der Waals surface area contributed by atoms with Crippen LogP contribution in [-0.4, -0.2) is 25.0 Å². The summed E-state index contributed by atoms with van der Waals surface area (Å²) in [6.07, 6.45) is -0.528. The minimum Gasteiger partial charge on any atom is -0.450 e. The number of rotatable bonds is 4. The van der Waals surface area contributed by atoms with Gasteiger partial charge in [0.15, 0.2) is 5.78 Å². The lowest BCUT2D eigenvalue weighted by molar-refractivity contribution is -0.113. The summed E-state index contributed by atoms with van der Waals surface area (Å²) < 4.78 is 4.57. The van der Waals surface area contributed by atoms with Crippen molar-refractivity contribution in [3.05, 3.63) is 12.2 Å². The predicted octanol–water partition coefficient (Wildman–Crippen LogP) is 0.878. The zero-order valence-corrected chi connectivity index (χ0v) is 7.35. The van der Waals surface area contributed by atoms with Gasteiger partial charge in [-0.1, -0.05) is 6.58 Å². The number of hydrogen-bond acceptors (Lipinski definition) is 3. The maximum Gasteiger partial charge on any atom is 0.407 e. The molecule has 0 radical (unpaired) electrons. The Morgan fingerprint density at radius 3 is 2.50 bits per heavy atom. The van der Waals surface area contributed by atoms with Gasteiger partial charge in [-0.3, -0.25) is 4.79 Å². The highest BCUT2D eigenvalue weighted by Gasteiger charge is 2.03. The van der Waals surface area contributed by atoms with Gasteiger partial charge in [-0.2, -0.15) is 0 Å². The van der Waals surface area contributed by atoms with E-state index in [1.165, 1.54) is 6.92 Å². The third-order valence-electron chi connectivity index (χ3n) is 1.22. The molecule has 0 saturated heterocycles. The highest BCUT2D eigenvalue weighted by atomic mass is 16.5. The number of hydrogen-bond donors (Lipinski definition) is 1. The molecule has 4 nitrogen and oxygen atoms in total. The van der Waals surface area contributed by atoms with Crippen LogP contribution in [0.4, 0.5) is 4.79 Å². The van der Waals surface area contributed by atoms with E-state index in [4.69, 9.17) is 0 Å². The van der Waals surface area contributed by atoms with Crippen LogP contribution in [0.1, 0.15) is 13.8 Å². The second-order valence-corrected chi connectivity index (χ2v) is 2.23. The van der Waals surface area contributed by atoms with E-state index in [1.807, 2.05) is 0 Å². The molecule has 4 heteroatoms. The van der Waals surface area contributed by atoms with Gasteiger partial charge in [0.1, 0.15) is 0 Å². The Morgan fingerprint density at radius 1 is 1.50 bits per heavy atom. The van der Waals surface area contributed by atoms with E-state index in [0.29, 0.717) is 12.2 Å². The van der Waals surface area contributed by atoms with Crippen molar-refractivity contribution in [3.8, 4) is 0 Å². The van der Waals surface area contributed by atoms with E-state index >= 15 is 0 Å². The van der Waals surface area contributed by atoms with Crippen molar-refractivity contribution < 1.29 is 14.3 Å². The zero-order valence-electron chi connectivity index (χ0n) is 7.35. The molecule has 68 valence electrons. The third-order valence-corrected chi connectivity index (χ3v) is 1.22. The number of alkyl carbamates (subject to hydrolysis) is 1. The maximum atomic E-state index is 10.7. The van der Waals surface area contributed by atoms with Crippen molar-refractivity contribution in [2.45, 2.75) is 13.8 Å². The monoisotopic (exact) mass is 171 g/mol. The van der Waals surface area contributed by atoms with E-state index in [9.17, 15) is 9.59 Å². The number of ketones is 1. The number of nitrogens with one attached hydrogen (secondary N) is 1. The minimum atomic E-state index is -0.528. The summed E-state index contributed by atoms with van der Waals surface area (Å²) in [5.41, 5.74) is 0.364. The molecule has 0 atom stereocenters. The van der Waals surface area contributed by atoms with Crippen LogP contribution in [-0.2, 0) is 9.53 Å². The number of carbonyl (C=O) groups excluding carboxylic acids is 2. The molecular formula is C8H13NO3. The van der Waals surface area contributed by atoms with Crippen molar-refractivity contribution in [2.24, 2.45) is 0 Å². The van der Waals surface area contributed by atoms with Gasteiger partial charge in [0, 0.05) is 12.1 Å². The van der Waals surface area contributed by atoms with Gasteiger partial charge in [0.25, 0.3) is 0 Å². The van der Waals surface area contributed by atoms with Crippen LogP contribution in [0.5, 0.6) is 0 Å². The molecule has 0 bridgehead atoms. The molecule has 0 aliphatic rings. The topological polar surface area (TPSA) is 55.4 Å². The summed E-state index contributed by atoms with van der Waals surface area (Å²) in [6, 6.07) is 0. The number of ether oxygens (including phenoxy) is 1. The largest absolute Gasteiger partial charge is 0.450 e. The summed E-state index contributed by atoms with van der Waals surface area (Å²) in [5, 5.41) is 2.38. The second-order valence-electron chi connectivity index (χ2n) is 2.23. The van der Waals surface area contributed by atoms with Crippen LogP contribution in [0.25, 0.3) is 0 Å². The van der Waals surface area contributed by atoms with Gasteiger partial charge < -0.3 is 10.1 Å². The molecule has 0 aliphatic carbocycles. The molecule has 0 aliphatic heterocycles. The molecule has 1 amide bonds. The van der Waals surface area contributed by atoms with E-state index in [-0.39, 0.29) is 12.3 Å². The van der Waals surface area contributed by atoms with E-state index in [0.717, 1.165) is 0 Å². The maximum absolute atomic E-state index is 10.7. The molecule has 12 heavy (non-hydrogen) atoms. The molecule has 0 aromatic carbocycles. The molecule has 1 N–H and O–H groups in total. The van der Waals surface area contributed by atoms with Gasteiger partial charge in [-0.05, 0) is 13.8 Å². The summed E-state index contributed by atoms with van der Waals surface area (Å²) in [4.78, 5) is 21.3. The van der Waals surface area contributed by atoms with Crippen LogP contribution in [0.3, 0.4) is 0 Å². The molecule has 0 unspecified atom stereocenters. The standard InChI is InChI=1S/C8H13NO3/c1-4-12-8(11)9-5-6(2)7(3)10/h2,4-5H2,1,3H3,(H,9,11). The van der Waals surface area contributed by atoms with E-state index in [2.05, 4.69) is 16.6 Å². The van der Waals surface area contributed by atoms with Crippen molar-refractivity contribution in [1.82, 2.24) is 5.32 Å². The molecule has 0 fully saturated rings. The summed E-state index contributed by atoms with van der Waals surface area (Å²) in [6.45, 7) is 7.04. The zero-order chi connectivity index (χ0) is 9.56. The average molecular weight is 171 g/mol. The first-order valence-electron chi connectivity index (χ1n) is 3.67. The van der Waals surface area contributed by atoms with Crippen LogP contribution in [0, 0.1) is 0 Å². The first-order valence-corrected chi connectivity index (χ1v) is 3.67. The number of carbonyl (C=O) groups is 2. The summed E-state index contributed by atoms with van der Waals surface area (Å²) in [7, 11) is 0. The number of amides is 1. The fourth-order valence-corrected chi connectivity index (χ4v) is 0.485. The number of Topliss-reactive ketones (excluding diaryl/α,β-unsaturated/α-hetero) is 1. The van der Waals surface area contributed by atoms with Crippen molar-refractivity contribution in [3.63, 3.8) is 0 Å². The third kappa shape index (κ3) is 4.49. The fourth-order valence-electron chi connectivity index (χ4n) is 0.485. The molecule has 0 spiro atoms. The first kappa shape index (κ1) is 10.7.